The van der Waals surface area contributed by atoms with Crippen LogP contribution in [0, 0.1) is 5.82 Å². The molecule has 0 radical (unpaired) electrons. The molecule has 2 aromatic carbocycles. The molecule has 0 amide bonds. The van der Waals surface area contributed by atoms with Gasteiger partial charge in [-0.1, -0.05) is 29.3 Å². The Balaban J connectivity index is 2.47. The zero-order valence-corrected chi connectivity index (χ0v) is 13.6. The average Bonchev–Trinajstić information content (AvgIpc) is 2.45. The molecule has 0 fully saturated rings. The summed E-state index contributed by atoms with van der Waals surface area (Å²) in [4.78, 5) is 17.2. The number of halogens is 3. The van der Waals surface area contributed by atoms with Crippen LogP contribution in [0.2, 0.25) is 10.0 Å². The van der Waals surface area contributed by atoms with Crippen molar-refractivity contribution in [1.82, 2.24) is 9.55 Å². The van der Waals surface area contributed by atoms with Gasteiger partial charge in [0.25, 0.3) is 5.56 Å². The Morgan fingerprint density at radius 2 is 1.87 bits per heavy atom. The molecule has 0 aliphatic rings. The zero-order chi connectivity index (χ0) is 16.7. The van der Waals surface area contributed by atoms with Crippen LogP contribution >= 0.6 is 23.2 Å². The van der Waals surface area contributed by atoms with Crippen molar-refractivity contribution in [3.05, 3.63) is 68.4 Å². The third-order valence-corrected chi connectivity index (χ3v) is 3.82. The predicted octanol–water partition coefficient (Wildman–Crippen LogP) is 3.85. The summed E-state index contributed by atoms with van der Waals surface area (Å²) in [5.74, 6) is -0.343. The summed E-state index contributed by atoms with van der Waals surface area (Å²) >= 11 is 12.0. The molecular formula is C16H12Cl2FN3O. The van der Waals surface area contributed by atoms with Crippen molar-refractivity contribution < 1.29 is 4.39 Å². The monoisotopic (exact) mass is 351 g/mol. The van der Waals surface area contributed by atoms with Gasteiger partial charge in [-0.15, -0.1) is 0 Å². The summed E-state index contributed by atoms with van der Waals surface area (Å²) in [6.45, 7) is 1.69. The highest BCUT2D eigenvalue weighted by Crippen LogP contribution is 2.24. The number of benzene rings is 2. The summed E-state index contributed by atoms with van der Waals surface area (Å²) < 4.78 is 15.3. The van der Waals surface area contributed by atoms with Gasteiger partial charge in [0.1, 0.15) is 17.0 Å². The number of aromatic nitrogens is 2. The molecular weight excluding hydrogens is 340 g/mol. The lowest BCUT2D eigenvalue weighted by Crippen LogP contribution is -2.28. The van der Waals surface area contributed by atoms with E-state index in [0.717, 1.165) is 0 Å². The number of fused-ring (bicyclic) bond motifs is 1. The summed E-state index contributed by atoms with van der Waals surface area (Å²) in [6.07, 6.45) is 0. The molecule has 118 valence electrons. The van der Waals surface area contributed by atoms with E-state index in [2.05, 4.69) is 4.98 Å². The van der Waals surface area contributed by atoms with Gasteiger partial charge in [-0.2, -0.15) is 0 Å². The first-order valence-electron chi connectivity index (χ1n) is 6.81. The molecule has 0 spiro atoms. The van der Waals surface area contributed by atoms with Crippen molar-refractivity contribution in [1.29, 1.82) is 0 Å². The number of hydrogen-bond donors (Lipinski definition) is 1. The van der Waals surface area contributed by atoms with Crippen LogP contribution in [0.3, 0.4) is 0 Å². The van der Waals surface area contributed by atoms with Crippen LogP contribution in [-0.4, -0.2) is 9.55 Å². The standard InChI is InChI=1S/C16H12Cl2FN3O/c1-8(20)15-21-13-4-2-3-12(19)14(13)16(23)22(15)11-6-9(17)5-10(18)7-11/h2-8H,20H2,1H3/t8-/m0/s1. The highest BCUT2D eigenvalue weighted by molar-refractivity contribution is 6.34. The molecule has 3 rings (SSSR count). The van der Waals surface area contributed by atoms with E-state index >= 15 is 0 Å². The molecule has 3 aromatic rings. The largest absolute Gasteiger partial charge is 0.322 e. The molecule has 1 aromatic heterocycles. The van der Waals surface area contributed by atoms with Crippen LogP contribution in [0.15, 0.2) is 41.2 Å². The second kappa shape index (κ2) is 5.92. The minimum atomic E-state index is -0.641. The van der Waals surface area contributed by atoms with E-state index in [-0.39, 0.29) is 10.9 Å². The van der Waals surface area contributed by atoms with E-state index in [0.29, 0.717) is 21.6 Å². The van der Waals surface area contributed by atoms with Gasteiger partial charge >= 0.3 is 0 Å². The van der Waals surface area contributed by atoms with Gasteiger partial charge in [0.05, 0.1) is 17.2 Å². The quantitative estimate of drug-likeness (QED) is 0.762. The molecule has 4 nitrogen and oxygen atoms in total. The molecule has 23 heavy (non-hydrogen) atoms. The molecule has 0 saturated heterocycles. The Hall–Kier alpha value is -1.95. The first kappa shape index (κ1) is 15.9. The summed E-state index contributed by atoms with van der Waals surface area (Å²) in [5, 5.41) is 0.598. The van der Waals surface area contributed by atoms with E-state index in [1.165, 1.54) is 22.8 Å². The van der Waals surface area contributed by atoms with E-state index < -0.39 is 17.4 Å². The molecule has 0 aliphatic heterocycles. The van der Waals surface area contributed by atoms with Crippen molar-refractivity contribution in [2.24, 2.45) is 5.73 Å². The van der Waals surface area contributed by atoms with Crippen LogP contribution in [-0.2, 0) is 0 Å². The van der Waals surface area contributed by atoms with Crippen molar-refractivity contribution in [2.45, 2.75) is 13.0 Å². The fourth-order valence-corrected chi connectivity index (χ4v) is 2.94. The second-order valence-electron chi connectivity index (χ2n) is 5.16. The van der Waals surface area contributed by atoms with Gasteiger partial charge in [-0.25, -0.2) is 9.37 Å². The number of nitrogens with zero attached hydrogens (tertiary/aromatic N) is 2. The Kier molecular flexibility index (Phi) is 4.10. The lowest BCUT2D eigenvalue weighted by Gasteiger charge is -2.16. The van der Waals surface area contributed by atoms with Crippen molar-refractivity contribution >= 4 is 34.1 Å². The fraction of sp³-hybridized carbons (Fsp3) is 0.125. The van der Waals surface area contributed by atoms with Gasteiger partial charge in [0.2, 0.25) is 0 Å². The van der Waals surface area contributed by atoms with Gasteiger partial charge in [-0.05, 0) is 37.3 Å². The van der Waals surface area contributed by atoms with Crippen molar-refractivity contribution in [2.75, 3.05) is 0 Å². The van der Waals surface area contributed by atoms with Gasteiger partial charge in [0, 0.05) is 10.0 Å². The molecule has 0 bridgehead atoms. The first-order chi connectivity index (χ1) is 10.9. The third-order valence-electron chi connectivity index (χ3n) is 3.39. The Bertz CT molecular complexity index is 949. The molecule has 0 aliphatic carbocycles. The Morgan fingerprint density at radius 3 is 2.48 bits per heavy atom. The average molecular weight is 352 g/mol. The lowest BCUT2D eigenvalue weighted by atomic mass is 10.2. The minimum Gasteiger partial charge on any atom is -0.322 e. The summed E-state index contributed by atoms with van der Waals surface area (Å²) in [6, 6.07) is 8.37. The normalized spacial score (nSPS) is 12.6. The van der Waals surface area contributed by atoms with Gasteiger partial charge < -0.3 is 5.73 Å². The number of rotatable bonds is 2. The van der Waals surface area contributed by atoms with Crippen molar-refractivity contribution in [3.63, 3.8) is 0 Å². The van der Waals surface area contributed by atoms with Crippen LogP contribution in [0.5, 0.6) is 0 Å². The smallest absolute Gasteiger partial charge is 0.269 e. The van der Waals surface area contributed by atoms with Crippen LogP contribution in [0.4, 0.5) is 4.39 Å². The van der Waals surface area contributed by atoms with Crippen LogP contribution in [0.1, 0.15) is 18.8 Å². The fourth-order valence-electron chi connectivity index (χ4n) is 2.43. The van der Waals surface area contributed by atoms with Gasteiger partial charge in [0.15, 0.2) is 0 Å². The maximum atomic E-state index is 14.1. The van der Waals surface area contributed by atoms with E-state index in [1.807, 2.05) is 0 Å². The van der Waals surface area contributed by atoms with E-state index in [9.17, 15) is 9.18 Å². The van der Waals surface area contributed by atoms with Crippen LogP contribution in [0.25, 0.3) is 16.6 Å². The topological polar surface area (TPSA) is 60.9 Å². The molecule has 7 heteroatoms. The van der Waals surface area contributed by atoms with E-state index in [4.69, 9.17) is 28.9 Å². The molecule has 0 unspecified atom stereocenters. The maximum Gasteiger partial charge on any atom is 0.269 e. The summed E-state index contributed by atoms with van der Waals surface area (Å²) in [7, 11) is 0. The lowest BCUT2D eigenvalue weighted by molar-refractivity contribution is 0.633. The zero-order valence-electron chi connectivity index (χ0n) is 12.1. The molecule has 1 atom stereocenters. The molecule has 0 saturated carbocycles. The second-order valence-corrected chi connectivity index (χ2v) is 6.03. The number of nitrogens with two attached hydrogens (primary N) is 1. The Morgan fingerprint density at radius 1 is 1.22 bits per heavy atom. The van der Waals surface area contributed by atoms with E-state index in [1.54, 1.807) is 25.1 Å². The molecule has 1 heterocycles. The molecule has 2 N–H and O–H groups in total. The van der Waals surface area contributed by atoms with Gasteiger partial charge in [-0.3, -0.25) is 9.36 Å². The maximum absolute atomic E-state index is 14.1. The third kappa shape index (κ3) is 2.83. The highest BCUT2D eigenvalue weighted by atomic mass is 35.5. The predicted molar refractivity (Wildman–Crippen MR) is 89.9 cm³/mol. The van der Waals surface area contributed by atoms with Crippen molar-refractivity contribution in [3.8, 4) is 5.69 Å². The van der Waals surface area contributed by atoms with Crippen LogP contribution < -0.4 is 11.3 Å². The Labute approximate surface area is 141 Å². The first-order valence-corrected chi connectivity index (χ1v) is 7.57. The number of hydrogen-bond acceptors (Lipinski definition) is 3. The minimum absolute atomic E-state index is 0.104. The SMILES string of the molecule is C[C@H](N)c1nc2cccc(F)c2c(=O)n1-c1cc(Cl)cc(Cl)c1. The highest BCUT2D eigenvalue weighted by Gasteiger charge is 2.18. The summed E-state index contributed by atoms with van der Waals surface area (Å²) in [5.41, 5.74) is 6.03.